The quantitative estimate of drug-likeness (QED) is 0.761. The molecule has 0 aromatic heterocycles. The highest BCUT2D eigenvalue weighted by molar-refractivity contribution is 7.89. The Morgan fingerprint density at radius 3 is 2.73 bits per heavy atom. The minimum absolute atomic E-state index is 0.0337. The van der Waals surface area contributed by atoms with E-state index in [0.29, 0.717) is 19.6 Å². The lowest BCUT2D eigenvalue weighted by atomic mass is 10.1. The summed E-state index contributed by atoms with van der Waals surface area (Å²) in [5.41, 5.74) is 2.06. The Labute approximate surface area is 131 Å². The number of benzene rings is 1. The normalized spacial score (nSPS) is 16.0. The molecule has 1 aliphatic rings. The van der Waals surface area contributed by atoms with E-state index in [2.05, 4.69) is 9.64 Å². The number of methoxy groups -OCH3 is 1. The predicted octanol–water partition coefficient (Wildman–Crippen LogP) is 1.22. The van der Waals surface area contributed by atoms with E-state index in [9.17, 15) is 13.2 Å². The highest BCUT2D eigenvalue weighted by atomic mass is 32.2. The first-order valence-electron chi connectivity index (χ1n) is 7.28. The van der Waals surface area contributed by atoms with Gasteiger partial charge in [-0.15, -0.1) is 0 Å². The van der Waals surface area contributed by atoms with Crippen molar-refractivity contribution in [2.24, 2.45) is 0 Å². The van der Waals surface area contributed by atoms with Crippen LogP contribution in [0.5, 0.6) is 0 Å². The van der Waals surface area contributed by atoms with Crippen LogP contribution in [0.1, 0.15) is 18.4 Å². The molecule has 0 atom stereocenters. The van der Waals surface area contributed by atoms with Gasteiger partial charge in [0, 0.05) is 38.8 Å². The second-order valence-corrected chi connectivity index (χ2v) is 7.47. The Hall–Kier alpha value is -1.60. The van der Waals surface area contributed by atoms with Crippen LogP contribution < -0.4 is 4.90 Å². The number of hydrogen-bond acceptors (Lipinski definition) is 5. The van der Waals surface area contributed by atoms with Crippen LogP contribution in [0, 0.1) is 0 Å². The molecule has 2 rings (SSSR count). The van der Waals surface area contributed by atoms with Crippen LogP contribution in [0.4, 0.5) is 5.69 Å². The summed E-state index contributed by atoms with van der Waals surface area (Å²) >= 11 is 0. The van der Waals surface area contributed by atoms with Crippen molar-refractivity contribution < 1.29 is 17.9 Å². The fourth-order valence-electron chi connectivity index (χ4n) is 2.54. The Morgan fingerprint density at radius 1 is 1.27 bits per heavy atom. The number of ether oxygens (including phenoxy) is 1. The number of esters is 1. The number of carbonyl (C=O) groups is 1. The van der Waals surface area contributed by atoms with Gasteiger partial charge in [0.25, 0.3) is 0 Å². The minimum atomic E-state index is -3.38. The summed E-state index contributed by atoms with van der Waals surface area (Å²) in [7, 11) is -0.109. The number of rotatable bonds is 5. The second kappa shape index (κ2) is 7.11. The largest absolute Gasteiger partial charge is 0.469 e. The molecule has 1 aromatic carbocycles. The van der Waals surface area contributed by atoms with E-state index >= 15 is 0 Å². The van der Waals surface area contributed by atoms with E-state index in [1.165, 1.54) is 11.4 Å². The molecule has 0 bridgehead atoms. The monoisotopic (exact) mass is 326 g/mol. The van der Waals surface area contributed by atoms with E-state index < -0.39 is 10.0 Å². The van der Waals surface area contributed by atoms with Gasteiger partial charge in [-0.2, -0.15) is 4.31 Å². The zero-order valence-electron chi connectivity index (χ0n) is 13.0. The summed E-state index contributed by atoms with van der Waals surface area (Å²) < 4.78 is 31.0. The highest BCUT2D eigenvalue weighted by Crippen LogP contribution is 2.25. The van der Waals surface area contributed by atoms with Crippen molar-refractivity contribution in [1.82, 2.24) is 4.31 Å². The number of fused-ring (bicyclic) bond motifs is 1. The molecular formula is C15H22N2O4S. The van der Waals surface area contributed by atoms with Crippen molar-refractivity contribution in [3.8, 4) is 0 Å². The van der Waals surface area contributed by atoms with Gasteiger partial charge < -0.3 is 9.64 Å². The molecule has 0 saturated heterocycles. The van der Waals surface area contributed by atoms with Crippen LogP contribution in [-0.4, -0.2) is 51.7 Å². The Bertz CT molecular complexity index is 630. The molecular weight excluding hydrogens is 304 g/mol. The summed E-state index contributed by atoms with van der Waals surface area (Å²) in [5, 5.41) is 0. The van der Waals surface area contributed by atoms with Crippen LogP contribution in [0.3, 0.4) is 0 Å². The lowest BCUT2D eigenvalue weighted by molar-refractivity contribution is -0.140. The molecule has 1 heterocycles. The molecule has 0 amide bonds. The summed E-state index contributed by atoms with van der Waals surface area (Å²) in [4.78, 5) is 13.2. The predicted molar refractivity (Wildman–Crippen MR) is 85.2 cm³/mol. The third kappa shape index (κ3) is 3.98. The first-order chi connectivity index (χ1) is 10.4. The average Bonchev–Trinajstić information content (AvgIpc) is 2.67. The van der Waals surface area contributed by atoms with E-state index in [1.54, 1.807) is 0 Å². The van der Waals surface area contributed by atoms with Crippen molar-refractivity contribution in [1.29, 1.82) is 0 Å². The molecule has 0 unspecified atom stereocenters. The minimum Gasteiger partial charge on any atom is -0.469 e. The van der Waals surface area contributed by atoms with E-state index in [1.807, 2.05) is 31.3 Å². The van der Waals surface area contributed by atoms with Gasteiger partial charge in [-0.3, -0.25) is 4.79 Å². The molecule has 1 aliphatic heterocycles. The van der Waals surface area contributed by atoms with Gasteiger partial charge in [0.2, 0.25) is 10.0 Å². The van der Waals surface area contributed by atoms with Crippen molar-refractivity contribution in [2.75, 3.05) is 37.9 Å². The van der Waals surface area contributed by atoms with Gasteiger partial charge in [-0.25, -0.2) is 8.42 Å². The standard InChI is InChI=1S/C15H22N2O4S/c1-16-9-10-17(12-13-6-3-4-7-14(13)16)22(19,20)11-5-8-15(18)21-2/h3-4,6-7H,5,8-12H2,1-2H3. The van der Waals surface area contributed by atoms with Crippen LogP contribution in [0.15, 0.2) is 24.3 Å². The van der Waals surface area contributed by atoms with Crippen molar-refractivity contribution in [2.45, 2.75) is 19.4 Å². The van der Waals surface area contributed by atoms with E-state index in [-0.39, 0.29) is 24.6 Å². The van der Waals surface area contributed by atoms with E-state index in [4.69, 9.17) is 0 Å². The summed E-state index contributed by atoms with van der Waals surface area (Å²) in [6.45, 7) is 1.47. The maximum Gasteiger partial charge on any atom is 0.305 e. The van der Waals surface area contributed by atoms with E-state index in [0.717, 1.165) is 11.3 Å². The molecule has 6 nitrogen and oxygen atoms in total. The summed E-state index contributed by atoms with van der Waals surface area (Å²) in [5.74, 6) is -0.412. The number of sulfonamides is 1. The van der Waals surface area contributed by atoms with Gasteiger partial charge in [0.1, 0.15) is 0 Å². The molecule has 0 fully saturated rings. The lowest BCUT2D eigenvalue weighted by Gasteiger charge is -2.20. The summed E-state index contributed by atoms with van der Waals surface area (Å²) in [6.07, 6.45) is 0.406. The smallest absolute Gasteiger partial charge is 0.305 e. The van der Waals surface area contributed by atoms with Crippen LogP contribution in [0.2, 0.25) is 0 Å². The van der Waals surface area contributed by atoms with Crippen molar-refractivity contribution in [3.63, 3.8) is 0 Å². The first kappa shape index (κ1) is 16.8. The van der Waals surface area contributed by atoms with Crippen LogP contribution in [-0.2, 0) is 26.1 Å². The third-order valence-electron chi connectivity index (χ3n) is 3.84. The lowest BCUT2D eigenvalue weighted by Crippen LogP contribution is -2.36. The molecule has 0 N–H and O–H groups in total. The van der Waals surface area contributed by atoms with Crippen molar-refractivity contribution in [3.05, 3.63) is 29.8 Å². The number of carbonyl (C=O) groups excluding carboxylic acids is 1. The topological polar surface area (TPSA) is 66.9 Å². The van der Waals surface area contributed by atoms with Crippen molar-refractivity contribution >= 4 is 21.7 Å². The average molecular weight is 326 g/mol. The maximum atomic E-state index is 12.5. The highest BCUT2D eigenvalue weighted by Gasteiger charge is 2.26. The molecule has 1 aromatic rings. The van der Waals surface area contributed by atoms with Gasteiger partial charge in [0.05, 0.1) is 12.9 Å². The number of likely N-dealkylation sites (N-methyl/N-ethyl adjacent to an activating group) is 1. The molecule has 0 radical (unpaired) electrons. The van der Waals surface area contributed by atoms with Crippen LogP contribution in [0.25, 0.3) is 0 Å². The molecule has 0 saturated carbocycles. The summed E-state index contributed by atoms with van der Waals surface area (Å²) in [6, 6.07) is 7.83. The maximum absolute atomic E-state index is 12.5. The number of nitrogens with zero attached hydrogens (tertiary/aromatic N) is 2. The molecule has 22 heavy (non-hydrogen) atoms. The SMILES string of the molecule is COC(=O)CCCS(=O)(=O)N1CCN(C)c2ccccc2C1. The Balaban J connectivity index is 2.07. The zero-order valence-corrected chi connectivity index (χ0v) is 13.8. The fourth-order valence-corrected chi connectivity index (χ4v) is 4.00. The Morgan fingerprint density at radius 2 is 2.00 bits per heavy atom. The zero-order chi connectivity index (χ0) is 16.2. The van der Waals surface area contributed by atoms with Gasteiger partial charge in [0.15, 0.2) is 0 Å². The van der Waals surface area contributed by atoms with Gasteiger partial charge in [-0.05, 0) is 18.1 Å². The number of anilines is 1. The number of para-hydroxylation sites is 1. The Kier molecular flexibility index (Phi) is 5.42. The molecule has 7 heteroatoms. The fraction of sp³-hybridized carbons (Fsp3) is 0.533. The van der Waals surface area contributed by atoms with Crippen LogP contribution >= 0.6 is 0 Å². The third-order valence-corrected chi connectivity index (χ3v) is 5.74. The number of hydrogen-bond donors (Lipinski definition) is 0. The van der Waals surface area contributed by atoms with Gasteiger partial charge in [-0.1, -0.05) is 18.2 Å². The molecule has 0 spiro atoms. The first-order valence-corrected chi connectivity index (χ1v) is 8.88. The second-order valence-electron chi connectivity index (χ2n) is 5.38. The van der Waals surface area contributed by atoms with Gasteiger partial charge >= 0.3 is 5.97 Å². The molecule has 122 valence electrons. The molecule has 0 aliphatic carbocycles.